The number of methoxy groups -OCH3 is 1. The van der Waals surface area contributed by atoms with E-state index in [-0.39, 0.29) is 0 Å². The Bertz CT molecular complexity index is 665. The van der Waals surface area contributed by atoms with Crippen LogP contribution >= 0.6 is 11.6 Å². The van der Waals surface area contributed by atoms with Crippen molar-refractivity contribution in [2.45, 2.75) is 20.8 Å². The van der Waals surface area contributed by atoms with Crippen LogP contribution < -0.4 is 4.74 Å². The van der Waals surface area contributed by atoms with Gasteiger partial charge in [0.15, 0.2) is 0 Å². The second kappa shape index (κ2) is 5.54. The summed E-state index contributed by atoms with van der Waals surface area (Å²) in [6.07, 6.45) is 6.28. The maximum Gasteiger partial charge on any atom is 0.139 e. The smallest absolute Gasteiger partial charge is 0.139 e. The average molecular weight is 276 g/mol. The molecule has 0 aliphatic carbocycles. The molecule has 19 heavy (non-hydrogen) atoms. The zero-order valence-electron chi connectivity index (χ0n) is 11.7. The van der Waals surface area contributed by atoms with Gasteiger partial charge in [-0.25, -0.2) is 0 Å². The van der Waals surface area contributed by atoms with Gasteiger partial charge in [-0.15, -0.1) is 0 Å². The molecule has 0 saturated carbocycles. The summed E-state index contributed by atoms with van der Waals surface area (Å²) in [7, 11) is 1.62. The Morgan fingerprint density at radius 1 is 1.37 bits per heavy atom. The van der Waals surface area contributed by atoms with Crippen molar-refractivity contribution >= 4 is 28.6 Å². The summed E-state index contributed by atoms with van der Waals surface area (Å²) in [5, 5.41) is 1.75. The van der Waals surface area contributed by atoms with Crippen molar-refractivity contribution in [1.29, 1.82) is 0 Å². The Morgan fingerprint density at radius 3 is 2.74 bits per heavy atom. The van der Waals surface area contributed by atoms with E-state index >= 15 is 0 Å². The Labute approximate surface area is 118 Å². The van der Waals surface area contributed by atoms with Gasteiger partial charge < -0.3 is 9.72 Å². The van der Waals surface area contributed by atoms with Crippen molar-refractivity contribution in [3.05, 3.63) is 46.1 Å². The van der Waals surface area contributed by atoms with Crippen LogP contribution in [0.3, 0.4) is 0 Å². The lowest BCUT2D eigenvalue weighted by Gasteiger charge is -2.03. The molecule has 3 heteroatoms. The minimum atomic E-state index is 0.632. The highest BCUT2D eigenvalue weighted by Gasteiger charge is 2.10. The fourth-order valence-corrected chi connectivity index (χ4v) is 2.47. The molecule has 0 spiro atoms. The highest BCUT2D eigenvalue weighted by atomic mass is 35.5. The van der Waals surface area contributed by atoms with E-state index in [0.29, 0.717) is 10.8 Å². The third-order valence-corrected chi connectivity index (χ3v) is 3.41. The first-order chi connectivity index (χ1) is 9.06. The number of aromatic nitrogens is 1. The predicted molar refractivity (Wildman–Crippen MR) is 83.1 cm³/mol. The van der Waals surface area contributed by atoms with E-state index in [0.717, 1.165) is 16.6 Å². The molecule has 0 radical (unpaired) electrons. The van der Waals surface area contributed by atoms with E-state index in [1.54, 1.807) is 7.11 Å². The van der Waals surface area contributed by atoms with Gasteiger partial charge in [-0.1, -0.05) is 29.3 Å². The van der Waals surface area contributed by atoms with Crippen LogP contribution in [0.25, 0.3) is 17.0 Å². The molecule has 100 valence electrons. The summed E-state index contributed by atoms with van der Waals surface area (Å²) in [6, 6.07) is 3.89. The molecule has 0 amide bonds. The van der Waals surface area contributed by atoms with Crippen LogP contribution in [-0.2, 0) is 0 Å². The van der Waals surface area contributed by atoms with E-state index in [1.807, 2.05) is 25.1 Å². The zero-order valence-corrected chi connectivity index (χ0v) is 12.4. The zero-order chi connectivity index (χ0) is 14.0. The van der Waals surface area contributed by atoms with Gasteiger partial charge in [-0.2, -0.15) is 0 Å². The van der Waals surface area contributed by atoms with Crippen molar-refractivity contribution in [3.8, 4) is 5.75 Å². The Kier molecular flexibility index (Phi) is 4.01. The van der Waals surface area contributed by atoms with E-state index < -0.39 is 0 Å². The minimum absolute atomic E-state index is 0.632. The van der Waals surface area contributed by atoms with Gasteiger partial charge in [-0.3, -0.25) is 0 Å². The highest BCUT2D eigenvalue weighted by molar-refractivity contribution is 6.33. The number of halogens is 1. The number of aryl methyl sites for hydroxylation is 1. The Balaban J connectivity index is 2.65. The van der Waals surface area contributed by atoms with Gasteiger partial charge in [-0.05, 0) is 32.9 Å². The number of benzene rings is 1. The summed E-state index contributed by atoms with van der Waals surface area (Å²) in [5.41, 5.74) is 4.55. The molecule has 0 fully saturated rings. The quantitative estimate of drug-likeness (QED) is 0.773. The third-order valence-electron chi connectivity index (χ3n) is 3.11. The Morgan fingerprint density at radius 2 is 2.11 bits per heavy atom. The van der Waals surface area contributed by atoms with Gasteiger partial charge in [0.1, 0.15) is 5.75 Å². The lowest BCUT2D eigenvalue weighted by Crippen LogP contribution is -1.84. The third kappa shape index (κ3) is 2.69. The molecule has 1 heterocycles. The molecule has 1 aromatic heterocycles. The average Bonchev–Trinajstić information content (AvgIpc) is 2.65. The van der Waals surface area contributed by atoms with Crippen molar-refractivity contribution in [2.75, 3.05) is 7.11 Å². The fourth-order valence-electron chi connectivity index (χ4n) is 2.23. The van der Waals surface area contributed by atoms with Crippen LogP contribution in [0.5, 0.6) is 5.75 Å². The molecule has 0 atom stereocenters. The van der Waals surface area contributed by atoms with Crippen molar-refractivity contribution < 1.29 is 4.74 Å². The van der Waals surface area contributed by atoms with Crippen LogP contribution in [-0.4, -0.2) is 12.1 Å². The van der Waals surface area contributed by atoms with Crippen molar-refractivity contribution in [2.24, 2.45) is 0 Å². The molecule has 0 aliphatic rings. The van der Waals surface area contributed by atoms with Crippen LogP contribution in [0.1, 0.15) is 25.1 Å². The number of allylic oxidation sites excluding steroid dienone is 3. The van der Waals surface area contributed by atoms with Crippen molar-refractivity contribution in [3.63, 3.8) is 0 Å². The number of nitrogens with one attached hydrogen (secondary N) is 1. The highest BCUT2D eigenvalue weighted by Crippen LogP contribution is 2.33. The molecule has 0 unspecified atom stereocenters. The lowest BCUT2D eigenvalue weighted by atomic mass is 10.1. The van der Waals surface area contributed by atoms with Gasteiger partial charge in [0.25, 0.3) is 0 Å². The summed E-state index contributed by atoms with van der Waals surface area (Å²) in [6.45, 7) is 6.17. The van der Waals surface area contributed by atoms with E-state index in [1.165, 1.54) is 11.1 Å². The van der Waals surface area contributed by atoms with Crippen LogP contribution in [0, 0.1) is 6.92 Å². The normalized spacial score (nSPS) is 12.6. The second-order valence-electron chi connectivity index (χ2n) is 4.58. The van der Waals surface area contributed by atoms with E-state index in [4.69, 9.17) is 16.3 Å². The Hall–Kier alpha value is -1.67. The van der Waals surface area contributed by atoms with Gasteiger partial charge in [0.2, 0.25) is 0 Å². The number of ether oxygens (including phenoxy) is 1. The van der Waals surface area contributed by atoms with Gasteiger partial charge in [0.05, 0.1) is 17.6 Å². The standard InChI is InChI=1S/C16H18ClNO/c1-5-6-10(2)7-12-11(3)18-15-9-16(19-4)14(17)8-13(12)15/h5-9,18H,1-4H3/b6-5-,10-7-. The summed E-state index contributed by atoms with van der Waals surface area (Å²) < 4.78 is 5.24. The first-order valence-corrected chi connectivity index (χ1v) is 6.61. The maximum atomic E-state index is 6.21. The van der Waals surface area contributed by atoms with Crippen molar-refractivity contribution in [1.82, 2.24) is 4.98 Å². The molecule has 1 aromatic carbocycles. The number of hydrogen-bond donors (Lipinski definition) is 1. The molecule has 1 N–H and O–H groups in total. The number of fused-ring (bicyclic) bond motifs is 1. The van der Waals surface area contributed by atoms with Crippen LogP contribution in [0.4, 0.5) is 0 Å². The number of rotatable bonds is 3. The predicted octanol–water partition coefficient (Wildman–Crippen LogP) is 5.12. The second-order valence-corrected chi connectivity index (χ2v) is 4.99. The topological polar surface area (TPSA) is 25.0 Å². The molecule has 0 aliphatic heterocycles. The number of hydrogen-bond acceptors (Lipinski definition) is 1. The summed E-state index contributed by atoms with van der Waals surface area (Å²) in [4.78, 5) is 3.37. The molecular formula is C16H18ClNO. The number of H-pyrrole nitrogens is 1. The van der Waals surface area contributed by atoms with Crippen LogP contribution in [0.2, 0.25) is 5.02 Å². The molecule has 2 aromatic rings. The van der Waals surface area contributed by atoms with Crippen LogP contribution in [0.15, 0.2) is 29.9 Å². The molecule has 0 saturated heterocycles. The monoisotopic (exact) mass is 275 g/mol. The first-order valence-electron chi connectivity index (χ1n) is 6.23. The van der Waals surface area contributed by atoms with Gasteiger partial charge >= 0.3 is 0 Å². The van der Waals surface area contributed by atoms with E-state index in [2.05, 4.69) is 31.0 Å². The maximum absolute atomic E-state index is 6.21. The largest absolute Gasteiger partial charge is 0.495 e. The first kappa shape index (κ1) is 13.8. The molecule has 2 rings (SSSR count). The molecule has 2 nitrogen and oxygen atoms in total. The molecular weight excluding hydrogens is 258 g/mol. The fraction of sp³-hybridized carbons (Fsp3) is 0.250. The number of aromatic amines is 1. The summed E-state index contributed by atoms with van der Waals surface area (Å²) >= 11 is 6.21. The summed E-state index contributed by atoms with van der Waals surface area (Å²) in [5.74, 6) is 0.691. The lowest BCUT2D eigenvalue weighted by molar-refractivity contribution is 0.415. The van der Waals surface area contributed by atoms with Gasteiger partial charge in [0, 0.05) is 22.7 Å². The molecule has 0 bridgehead atoms. The minimum Gasteiger partial charge on any atom is -0.495 e. The van der Waals surface area contributed by atoms with E-state index in [9.17, 15) is 0 Å². The SMILES string of the molecule is C/C=C\C(C)=C/c1c(C)[nH]c2cc(OC)c(Cl)cc12.